The summed E-state index contributed by atoms with van der Waals surface area (Å²) in [6, 6.07) is 6.50. The Morgan fingerprint density at radius 3 is 2.43 bits per heavy atom. The molecule has 0 aliphatic carbocycles. The molecule has 3 nitrogen and oxygen atoms in total. The average Bonchev–Trinajstić information content (AvgIpc) is 2.86. The van der Waals surface area contributed by atoms with E-state index in [1.807, 2.05) is 0 Å². The highest BCUT2D eigenvalue weighted by atomic mass is 19.4. The summed E-state index contributed by atoms with van der Waals surface area (Å²) in [5.74, 6) is 0.0168. The number of benzene rings is 1. The molecular formula is C15H13F3O3. The van der Waals surface area contributed by atoms with Gasteiger partial charge in [0.25, 0.3) is 0 Å². The standard InChI is InChI=1S/C15H13F3O3/c1-9(2)20-14-5-3-10(7-12(14)15(16,17)18)13-6-4-11(8-19)21-13/h3-9H,1-2H3. The summed E-state index contributed by atoms with van der Waals surface area (Å²) in [6.45, 7) is 3.30. The predicted molar refractivity (Wildman–Crippen MR) is 70.3 cm³/mol. The summed E-state index contributed by atoms with van der Waals surface area (Å²) in [5, 5.41) is 0. The lowest BCUT2D eigenvalue weighted by molar-refractivity contribution is -0.139. The maximum atomic E-state index is 13.1. The zero-order valence-corrected chi connectivity index (χ0v) is 11.4. The van der Waals surface area contributed by atoms with Crippen molar-refractivity contribution in [2.45, 2.75) is 26.1 Å². The molecule has 21 heavy (non-hydrogen) atoms. The van der Waals surface area contributed by atoms with Crippen molar-refractivity contribution in [3.8, 4) is 17.1 Å². The van der Waals surface area contributed by atoms with Crippen LogP contribution >= 0.6 is 0 Å². The number of rotatable bonds is 4. The largest absolute Gasteiger partial charge is 0.490 e. The van der Waals surface area contributed by atoms with Crippen LogP contribution in [0.2, 0.25) is 0 Å². The van der Waals surface area contributed by atoms with Gasteiger partial charge in [-0.3, -0.25) is 4.79 Å². The van der Waals surface area contributed by atoms with Gasteiger partial charge in [-0.15, -0.1) is 0 Å². The van der Waals surface area contributed by atoms with E-state index >= 15 is 0 Å². The third kappa shape index (κ3) is 3.45. The van der Waals surface area contributed by atoms with E-state index in [2.05, 4.69) is 0 Å². The minimum Gasteiger partial charge on any atom is -0.490 e. The molecule has 0 radical (unpaired) electrons. The van der Waals surface area contributed by atoms with Crippen molar-refractivity contribution < 1.29 is 27.1 Å². The molecule has 1 aromatic carbocycles. The molecule has 1 aromatic heterocycles. The van der Waals surface area contributed by atoms with Crippen molar-refractivity contribution in [1.29, 1.82) is 0 Å². The van der Waals surface area contributed by atoms with Crippen molar-refractivity contribution in [3.05, 3.63) is 41.7 Å². The van der Waals surface area contributed by atoms with Gasteiger partial charge in [0.2, 0.25) is 0 Å². The lowest BCUT2D eigenvalue weighted by atomic mass is 10.1. The Morgan fingerprint density at radius 1 is 1.19 bits per heavy atom. The second-order valence-electron chi connectivity index (χ2n) is 4.70. The normalized spacial score (nSPS) is 11.7. The van der Waals surface area contributed by atoms with Gasteiger partial charge in [0.05, 0.1) is 11.7 Å². The van der Waals surface area contributed by atoms with E-state index in [0.29, 0.717) is 6.29 Å². The van der Waals surface area contributed by atoms with Crippen molar-refractivity contribution in [3.63, 3.8) is 0 Å². The quantitative estimate of drug-likeness (QED) is 0.776. The smallest absolute Gasteiger partial charge is 0.419 e. The predicted octanol–water partition coefficient (Wildman–Crippen LogP) is 4.57. The van der Waals surface area contributed by atoms with Crippen LogP contribution in [0.5, 0.6) is 5.75 Å². The van der Waals surface area contributed by atoms with Gasteiger partial charge in [-0.25, -0.2) is 0 Å². The van der Waals surface area contributed by atoms with E-state index in [9.17, 15) is 18.0 Å². The van der Waals surface area contributed by atoms with Crippen molar-refractivity contribution >= 4 is 6.29 Å². The van der Waals surface area contributed by atoms with Crippen LogP contribution in [0.25, 0.3) is 11.3 Å². The molecule has 0 atom stereocenters. The van der Waals surface area contributed by atoms with Crippen molar-refractivity contribution in [1.82, 2.24) is 0 Å². The Morgan fingerprint density at radius 2 is 1.90 bits per heavy atom. The topological polar surface area (TPSA) is 39.4 Å². The van der Waals surface area contributed by atoms with Gasteiger partial charge in [-0.1, -0.05) is 0 Å². The van der Waals surface area contributed by atoms with Crippen molar-refractivity contribution in [2.24, 2.45) is 0 Å². The molecule has 0 saturated carbocycles. The third-order valence-corrected chi connectivity index (χ3v) is 2.68. The van der Waals surface area contributed by atoms with Crippen LogP contribution in [0, 0.1) is 0 Å². The van der Waals surface area contributed by atoms with Crippen LogP contribution in [0.15, 0.2) is 34.7 Å². The molecule has 0 saturated heterocycles. The molecular weight excluding hydrogens is 285 g/mol. The summed E-state index contributed by atoms with van der Waals surface area (Å²) in [5.41, 5.74) is -0.649. The van der Waals surface area contributed by atoms with Crippen molar-refractivity contribution in [2.75, 3.05) is 0 Å². The number of halogens is 3. The Balaban J connectivity index is 2.48. The highest BCUT2D eigenvalue weighted by Crippen LogP contribution is 2.39. The van der Waals surface area contributed by atoms with E-state index < -0.39 is 11.7 Å². The van der Waals surface area contributed by atoms with Crippen LogP contribution in [0.3, 0.4) is 0 Å². The van der Waals surface area contributed by atoms with Gasteiger partial charge in [-0.2, -0.15) is 13.2 Å². The fraction of sp³-hybridized carbons (Fsp3) is 0.267. The molecule has 0 fully saturated rings. The number of hydrogen-bond acceptors (Lipinski definition) is 3. The molecule has 0 aliphatic heterocycles. The van der Waals surface area contributed by atoms with Crippen LogP contribution in [-0.2, 0) is 6.18 Å². The summed E-state index contributed by atoms with van der Waals surface area (Å²) in [7, 11) is 0. The zero-order valence-electron chi connectivity index (χ0n) is 11.4. The highest BCUT2D eigenvalue weighted by molar-refractivity contribution is 5.73. The Labute approximate surface area is 119 Å². The summed E-state index contributed by atoms with van der Waals surface area (Å²) >= 11 is 0. The van der Waals surface area contributed by atoms with Gasteiger partial charge in [-0.05, 0) is 44.2 Å². The second kappa shape index (κ2) is 5.63. The molecule has 1 heterocycles. The molecule has 0 spiro atoms. The maximum absolute atomic E-state index is 13.1. The number of carbonyl (C=O) groups excluding carboxylic acids is 1. The SMILES string of the molecule is CC(C)Oc1ccc(-c2ccc(C=O)o2)cc1C(F)(F)F. The Hall–Kier alpha value is -2.24. The molecule has 0 unspecified atom stereocenters. The molecule has 2 aromatic rings. The second-order valence-corrected chi connectivity index (χ2v) is 4.70. The Kier molecular flexibility index (Phi) is 4.06. The van der Waals surface area contributed by atoms with Gasteiger partial charge in [0.15, 0.2) is 12.0 Å². The Bertz CT molecular complexity index is 642. The molecule has 0 N–H and O–H groups in total. The first-order valence-electron chi connectivity index (χ1n) is 6.24. The highest BCUT2D eigenvalue weighted by Gasteiger charge is 2.35. The van der Waals surface area contributed by atoms with E-state index in [4.69, 9.17) is 9.15 Å². The van der Waals surface area contributed by atoms with Gasteiger partial charge in [0.1, 0.15) is 11.5 Å². The molecule has 0 bridgehead atoms. The van der Waals surface area contributed by atoms with Crippen LogP contribution in [0.1, 0.15) is 30.0 Å². The molecule has 6 heteroatoms. The molecule has 0 aliphatic rings. The number of aldehydes is 1. The first kappa shape index (κ1) is 15.2. The third-order valence-electron chi connectivity index (χ3n) is 2.68. The van der Waals surface area contributed by atoms with E-state index in [0.717, 1.165) is 6.07 Å². The fourth-order valence-electron chi connectivity index (χ4n) is 1.83. The molecule has 112 valence electrons. The minimum absolute atomic E-state index is 0.0565. The van der Waals surface area contributed by atoms with E-state index in [-0.39, 0.29) is 28.9 Å². The van der Waals surface area contributed by atoms with Crippen LogP contribution in [-0.4, -0.2) is 12.4 Å². The lowest BCUT2D eigenvalue weighted by Gasteiger charge is -2.17. The number of ether oxygens (including phenoxy) is 1. The van der Waals surface area contributed by atoms with Crippen LogP contribution in [0.4, 0.5) is 13.2 Å². The fourth-order valence-corrected chi connectivity index (χ4v) is 1.83. The number of alkyl halides is 3. The number of carbonyl (C=O) groups is 1. The lowest BCUT2D eigenvalue weighted by Crippen LogP contribution is -2.13. The zero-order chi connectivity index (χ0) is 15.6. The van der Waals surface area contributed by atoms with Gasteiger partial charge < -0.3 is 9.15 Å². The average molecular weight is 298 g/mol. The molecule has 0 amide bonds. The minimum atomic E-state index is -4.54. The summed E-state index contributed by atoms with van der Waals surface area (Å²) in [6.07, 6.45) is -4.42. The van der Waals surface area contributed by atoms with Gasteiger partial charge >= 0.3 is 6.18 Å². The summed E-state index contributed by atoms with van der Waals surface area (Å²) in [4.78, 5) is 10.6. The maximum Gasteiger partial charge on any atom is 0.419 e. The number of furan rings is 1. The van der Waals surface area contributed by atoms with Gasteiger partial charge in [0, 0.05) is 5.56 Å². The van der Waals surface area contributed by atoms with Crippen LogP contribution < -0.4 is 4.74 Å². The summed E-state index contributed by atoms with van der Waals surface area (Å²) < 4.78 is 49.6. The first-order chi connectivity index (χ1) is 9.81. The van der Waals surface area contributed by atoms with E-state index in [1.54, 1.807) is 13.8 Å². The van der Waals surface area contributed by atoms with E-state index in [1.165, 1.54) is 24.3 Å². The first-order valence-corrected chi connectivity index (χ1v) is 6.24. The molecule has 2 rings (SSSR count). The monoisotopic (exact) mass is 298 g/mol. The number of hydrogen-bond donors (Lipinski definition) is 0.